The summed E-state index contributed by atoms with van der Waals surface area (Å²) in [5, 5.41) is 0. The molecule has 112 valence electrons. The molecule has 6 heteroatoms. The largest absolute Gasteiger partial charge is 0.462 e. The molecule has 0 bridgehead atoms. The van der Waals surface area contributed by atoms with E-state index in [1.165, 1.54) is 0 Å². The molecule has 21 heavy (non-hydrogen) atoms. The molecule has 1 aromatic heterocycles. The minimum atomic E-state index is -0.282. The van der Waals surface area contributed by atoms with E-state index in [1.54, 1.807) is 7.11 Å². The lowest BCUT2D eigenvalue weighted by Crippen LogP contribution is -2.17. The highest BCUT2D eigenvalue weighted by Gasteiger charge is 2.30. The monoisotopic (exact) mass is 289 g/mol. The Morgan fingerprint density at radius 3 is 2.95 bits per heavy atom. The van der Waals surface area contributed by atoms with Gasteiger partial charge in [-0.2, -0.15) is 0 Å². The number of fused-ring (bicyclic) bond motifs is 1. The van der Waals surface area contributed by atoms with Gasteiger partial charge in [-0.15, -0.1) is 0 Å². The number of hydrogen-bond acceptors (Lipinski definition) is 5. The van der Waals surface area contributed by atoms with Crippen LogP contribution in [0.3, 0.4) is 0 Å². The Kier molecular flexibility index (Phi) is 3.79. The van der Waals surface area contributed by atoms with Crippen molar-refractivity contribution in [1.29, 1.82) is 0 Å². The summed E-state index contributed by atoms with van der Waals surface area (Å²) in [7, 11) is 1.57. The SMILES string of the molecule is COCCOC(=O)Cn1c(C2CC2)nc2c(N)cccc21. The van der Waals surface area contributed by atoms with Crippen molar-refractivity contribution < 1.29 is 14.3 Å². The van der Waals surface area contributed by atoms with Gasteiger partial charge in [0, 0.05) is 13.0 Å². The predicted molar refractivity (Wildman–Crippen MR) is 79.0 cm³/mol. The Morgan fingerprint density at radius 2 is 2.24 bits per heavy atom. The molecule has 1 aliphatic rings. The minimum Gasteiger partial charge on any atom is -0.462 e. The Hall–Kier alpha value is -2.08. The number of esters is 1. The fraction of sp³-hybridized carbons (Fsp3) is 0.467. The molecule has 0 radical (unpaired) electrons. The molecule has 0 unspecified atom stereocenters. The molecule has 1 saturated carbocycles. The second-order valence-electron chi connectivity index (χ2n) is 5.26. The van der Waals surface area contributed by atoms with Crippen LogP contribution in [0, 0.1) is 0 Å². The molecule has 0 aliphatic heterocycles. The highest BCUT2D eigenvalue weighted by atomic mass is 16.6. The van der Waals surface area contributed by atoms with Crippen LogP contribution in [0.1, 0.15) is 24.6 Å². The fourth-order valence-electron chi connectivity index (χ4n) is 2.42. The first-order valence-electron chi connectivity index (χ1n) is 7.10. The molecule has 0 amide bonds. The summed E-state index contributed by atoms with van der Waals surface area (Å²) in [6.45, 7) is 0.831. The maximum Gasteiger partial charge on any atom is 0.326 e. The normalized spacial score (nSPS) is 14.5. The van der Waals surface area contributed by atoms with Crippen LogP contribution in [-0.2, 0) is 20.8 Å². The van der Waals surface area contributed by atoms with Gasteiger partial charge in [0.25, 0.3) is 0 Å². The molecule has 1 fully saturated rings. The number of nitrogens with zero attached hydrogens (tertiary/aromatic N) is 2. The summed E-state index contributed by atoms with van der Waals surface area (Å²) in [5.74, 6) is 1.09. The lowest BCUT2D eigenvalue weighted by molar-refractivity contribution is -0.145. The number of rotatable bonds is 6. The average molecular weight is 289 g/mol. The number of carbonyl (C=O) groups excluding carboxylic acids is 1. The lowest BCUT2D eigenvalue weighted by atomic mass is 10.3. The third kappa shape index (κ3) is 2.85. The van der Waals surface area contributed by atoms with E-state index in [0.717, 1.165) is 29.7 Å². The number of anilines is 1. The first kappa shape index (κ1) is 13.9. The van der Waals surface area contributed by atoms with Crippen molar-refractivity contribution in [1.82, 2.24) is 9.55 Å². The van der Waals surface area contributed by atoms with Crippen LogP contribution in [0.15, 0.2) is 18.2 Å². The Morgan fingerprint density at radius 1 is 1.43 bits per heavy atom. The molecule has 0 saturated heterocycles. The summed E-state index contributed by atoms with van der Waals surface area (Å²) < 4.78 is 11.9. The average Bonchev–Trinajstić information content (AvgIpc) is 3.24. The number of carbonyl (C=O) groups is 1. The Bertz CT molecular complexity index is 661. The first-order chi connectivity index (χ1) is 10.2. The maximum atomic E-state index is 12.0. The van der Waals surface area contributed by atoms with E-state index >= 15 is 0 Å². The van der Waals surface area contributed by atoms with E-state index in [9.17, 15) is 4.79 Å². The number of nitrogens with two attached hydrogens (primary N) is 1. The molecule has 2 N–H and O–H groups in total. The van der Waals surface area contributed by atoms with Crippen LogP contribution in [-0.4, -0.2) is 35.8 Å². The van der Waals surface area contributed by atoms with E-state index in [4.69, 9.17) is 15.2 Å². The molecule has 1 aliphatic carbocycles. The Labute approximate surface area is 122 Å². The van der Waals surface area contributed by atoms with Crippen molar-refractivity contribution in [3.63, 3.8) is 0 Å². The topological polar surface area (TPSA) is 79.4 Å². The van der Waals surface area contributed by atoms with E-state index in [-0.39, 0.29) is 19.1 Å². The number of methoxy groups -OCH3 is 1. The van der Waals surface area contributed by atoms with Crippen LogP contribution in [0.25, 0.3) is 11.0 Å². The second kappa shape index (κ2) is 5.73. The summed E-state index contributed by atoms with van der Waals surface area (Å²) in [6.07, 6.45) is 2.23. The number of para-hydroxylation sites is 1. The molecule has 1 heterocycles. The van der Waals surface area contributed by atoms with Crippen molar-refractivity contribution in [3.8, 4) is 0 Å². The smallest absolute Gasteiger partial charge is 0.326 e. The maximum absolute atomic E-state index is 12.0. The van der Waals surface area contributed by atoms with Crippen molar-refractivity contribution in [2.75, 3.05) is 26.1 Å². The van der Waals surface area contributed by atoms with Gasteiger partial charge in [-0.25, -0.2) is 4.98 Å². The fourth-order valence-corrected chi connectivity index (χ4v) is 2.42. The van der Waals surface area contributed by atoms with Crippen LogP contribution < -0.4 is 5.73 Å². The van der Waals surface area contributed by atoms with Crippen molar-refractivity contribution in [3.05, 3.63) is 24.0 Å². The molecule has 0 spiro atoms. The number of hydrogen-bond donors (Lipinski definition) is 1. The van der Waals surface area contributed by atoms with Gasteiger partial charge in [0.2, 0.25) is 0 Å². The van der Waals surface area contributed by atoms with Crippen molar-refractivity contribution >= 4 is 22.7 Å². The molecule has 2 aromatic rings. The van der Waals surface area contributed by atoms with Crippen LogP contribution in [0.4, 0.5) is 5.69 Å². The van der Waals surface area contributed by atoms with E-state index in [0.29, 0.717) is 18.2 Å². The molecular formula is C15H19N3O3. The lowest BCUT2D eigenvalue weighted by Gasteiger charge is -2.09. The quantitative estimate of drug-likeness (QED) is 0.497. The number of imidazole rings is 1. The van der Waals surface area contributed by atoms with E-state index in [1.807, 2.05) is 22.8 Å². The van der Waals surface area contributed by atoms with Gasteiger partial charge in [0.1, 0.15) is 24.5 Å². The van der Waals surface area contributed by atoms with Crippen molar-refractivity contribution in [2.24, 2.45) is 0 Å². The molecular weight excluding hydrogens is 270 g/mol. The van der Waals surface area contributed by atoms with Crippen LogP contribution in [0.5, 0.6) is 0 Å². The Balaban J connectivity index is 1.87. The molecule has 1 aromatic carbocycles. The van der Waals surface area contributed by atoms with Gasteiger partial charge in [-0.05, 0) is 25.0 Å². The van der Waals surface area contributed by atoms with Gasteiger partial charge in [0.05, 0.1) is 17.8 Å². The predicted octanol–water partition coefficient (Wildman–Crippen LogP) is 1.69. The minimum absolute atomic E-state index is 0.162. The van der Waals surface area contributed by atoms with Crippen LogP contribution >= 0.6 is 0 Å². The van der Waals surface area contributed by atoms with Gasteiger partial charge < -0.3 is 19.8 Å². The van der Waals surface area contributed by atoms with Gasteiger partial charge in [-0.1, -0.05) is 6.07 Å². The molecule has 0 atom stereocenters. The molecule has 3 rings (SSSR count). The van der Waals surface area contributed by atoms with E-state index in [2.05, 4.69) is 4.98 Å². The summed E-state index contributed by atoms with van der Waals surface area (Å²) in [5.41, 5.74) is 8.28. The van der Waals surface area contributed by atoms with Gasteiger partial charge in [0.15, 0.2) is 0 Å². The third-order valence-electron chi connectivity index (χ3n) is 3.62. The van der Waals surface area contributed by atoms with Gasteiger partial charge in [-0.3, -0.25) is 4.79 Å². The number of ether oxygens (including phenoxy) is 2. The van der Waals surface area contributed by atoms with Gasteiger partial charge >= 0.3 is 5.97 Å². The number of aromatic nitrogens is 2. The summed E-state index contributed by atoms with van der Waals surface area (Å²) in [4.78, 5) is 16.6. The standard InChI is InChI=1S/C15H19N3O3/c1-20-7-8-21-13(19)9-18-12-4-2-3-11(16)14(12)17-15(18)10-5-6-10/h2-4,10H,5-9,16H2,1H3. The third-order valence-corrected chi connectivity index (χ3v) is 3.62. The van der Waals surface area contributed by atoms with Crippen LogP contribution in [0.2, 0.25) is 0 Å². The zero-order valence-corrected chi connectivity index (χ0v) is 12.0. The highest BCUT2D eigenvalue weighted by Crippen LogP contribution is 2.41. The zero-order valence-electron chi connectivity index (χ0n) is 12.0. The number of benzene rings is 1. The summed E-state index contributed by atoms with van der Waals surface area (Å²) in [6, 6.07) is 5.64. The number of nitrogen functional groups attached to an aromatic ring is 1. The van der Waals surface area contributed by atoms with E-state index < -0.39 is 0 Å². The van der Waals surface area contributed by atoms with Crippen molar-refractivity contribution in [2.45, 2.75) is 25.3 Å². The second-order valence-corrected chi connectivity index (χ2v) is 5.26. The zero-order chi connectivity index (χ0) is 14.8. The first-order valence-corrected chi connectivity index (χ1v) is 7.10. The summed E-state index contributed by atoms with van der Waals surface area (Å²) >= 11 is 0. The molecule has 6 nitrogen and oxygen atoms in total. The highest BCUT2D eigenvalue weighted by molar-refractivity contribution is 5.88.